The molecule has 1 heterocycles. The Labute approximate surface area is 164 Å². The topological polar surface area (TPSA) is 75.7 Å². The second kappa shape index (κ2) is 9.17. The summed E-state index contributed by atoms with van der Waals surface area (Å²) >= 11 is 0. The van der Waals surface area contributed by atoms with Gasteiger partial charge in [-0.15, -0.1) is 0 Å². The summed E-state index contributed by atoms with van der Waals surface area (Å²) in [4.78, 5) is 37.7. The molecule has 146 valence electrons. The van der Waals surface area contributed by atoms with Gasteiger partial charge in [-0.3, -0.25) is 9.59 Å². The third-order valence-corrected chi connectivity index (χ3v) is 4.75. The van der Waals surface area contributed by atoms with Crippen LogP contribution in [0.1, 0.15) is 47.3 Å². The summed E-state index contributed by atoms with van der Waals surface area (Å²) in [6, 6.07) is 16.3. The highest BCUT2D eigenvalue weighted by atomic mass is 16.5. The van der Waals surface area contributed by atoms with Crippen molar-refractivity contribution in [2.24, 2.45) is 0 Å². The van der Waals surface area contributed by atoms with E-state index in [0.717, 1.165) is 24.1 Å². The first kappa shape index (κ1) is 19.6. The number of ether oxygens (including phenoxy) is 1. The van der Waals surface area contributed by atoms with E-state index in [1.165, 1.54) is 0 Å². The minimum atomic E-state index is -0.550. The number of hydrogen-bond acceptors (Lipinski definition) is 4. The van der Waals surface area contributed by atoms with Gasteiger partial charge in [-0.05, 0) is 36.6 Å². The fourth-order valence-electron chi connectivity index (χ4n) is 3.16. The van der Waals surface area contributed by atoms with Gasteiger partial charge in [0.05, 0.1) is 11.6 Å². The van der Waals surface area contributed by atoms with Gasteiger partial charge in [-0.25, -0.2) is 4.79 Å². The van der Waals surface area contributed by atoms with Crippen LogP contribution in [0.15, 0.2) is 54.6 Å². The molecule has 1 atom stereocenters. The second-order valence-electron chi connectivity index (χ2n) is 6.89. The average Bonchev–Trinajstić information content (AvgIpc) is 3.12. The molecule has 0 radical (unpaired) electrons. The van der Waals surface area contributed by atoms with E-state index in [0.29, 0.717) is 18.5 Å². The molecule has 0 saturated carbocycles. The number of nitrogens with one attached hydrogen (secondary N) is 1. The molecule has 2 amide bonds. The maximum atomic E-state index is 12.1. The molecule has 0 spiro atoms. The van der Waals surface area contributed by atoms with Crippen molar-refractivity contribution in [1.29, 1.82) is 0 Å². The van der Waals surface area contributed by atoms with Crippen molar-refractivity contribution in [3.05, 3.63) is 71.3 Å². The average molecular weight is 380 g/mol. The van der Waals surface area contributed by atoms with Gasteiger partial charge >= 0.3 is 5.97 Å². The summed E-state index contributed by atoms with van der Waals surface area (Å²) in [6.45, 7) is 2.87. The molecule has 0 aliphatic carbocycles. The number of carbonyl (C=O) groups is 3. The quantitative estimate of drug-likeness (QED) is 0.750. The van der Waals surface area contributed by atoms with Crippen LogP contribution >= 0.6 is 0 Å². The Hall–Kier alpha value is -3.15. The number of rotatable bonds is 7. The van der Waals surface area contributed by atoms with Gasteiger partial charge in [-0.1, -0.05) is 42.5 Å². The van der Waals surface area contributed by atoms with Crippen molar-refractivity contribution < 1.29 is 19.1 Å². The zero-order valence-corrected chi connectivity index (χ0v) is 15.9. The lowest BCUT2D eigenvalue weighted by Gasteiger charge is -2.15. The van der Waals surface area contributed by atoms with Crippen molar-refractivity contribution in [3.8, 4) is 0 Å². The summed E-state index contributed by atoms with van der Waals surface area (Å²) in [7, 11) is 0. The molecule has 3 rings (SSSR count). The molecule has 0 aromatic heterocycles. The van der Waals surface area contributed by atoms with Gasteiger partial charge in [-0.2, -0.15) is 0 Å². The Kier molecular flexibility index (Phi) is 6.42. The standard InChI is InChI=1S/C22H24N2O4/c1-16(18-6-3-2-4-7-18)23-20(25)15-28-22(27)19-11-9-17(10-12-19)14-24-13-5-8-21(24)26/h2-4,6-7,9-12,16H,5,8,13-15H2,1H3,(H,23,25). The van der Waals surface area contributed by atoms with Crippen LogP contribution in [0.25, 0.3) is 0 Å². The molecule has 1 fully saturated rings. The van der Waals surface area contributed by atoms with Gasteiger partial charge in [0.15, 0.2) is 6.61 Å². The van der Waals surface area contributed by atoms with Crippen molar-refractivity contribution in [1.82, 2.24) is 10.2 Å². The van der Waals surface area contributed by atoms with E-state index < -0.39 is 5.97 Å². The Bertz CT molecular complexity index is 833. The molecular formula is C22H24N2O4. The molecule has 2 aromatic rings. The second-order valence-corrected chi connectivity index (χ2v) is 6.89. The Balaban J connectivity index is 1.46. The van der Waals surface area contributed by atoms with Crippen molar-refractivity contribution in [2.75, 3.05) is 13.2 Å². The fourth-order valence-corrected chi connectivity index (χ4v) is 3.16. The van der Waals surface area contributed by atoms with Crippen LogP contribution in [0.2, 0.25) is 0 Å². The summed E-state index contributed by atoms with van der Waals surface area (Å²) in [5.74, 6) is -0.737. The number of nitrogens with zero attached hydrogens (tertiary/aromatic N) is 1. The first-order chi connectivity index (χ1) is 13.5. The van der Waals surface area contributed by atoms with Crippen LogP contribution in [0.4, 0.5) is 0 Å². The zero-order valence-electron chi connectivity index (χ0n) is 15.9. The molecule has 6 heteroatoms. The van der Waals surface area contributed by atoms with Crippen LogP contribution in [-0.4, -0.2) is 35.8 Å². The van der Waals surface area contributed by atoms with Crippen molar-refractivity contribution in [2.45, 2.75) is 32.4 Å². The fraction of sp³-hybridized carbons (Fsp3) is 0.318. The SMILES string of the molecule is CC(NC(=O)COC(=O)c1ccc(CN2CCCC2=O)cc1)c1ccccc1. The van der Waals surface area contributed by atoms with Crippen LogP contribution in [0.5, 0.6) is 0 Å². The van der Waals surface area contributed by atoms with Gasteiger partial charge < -0.3 is 15.0 Å². The summed E-state index contributed by atoms with van der Waals surface area (Å²) in [5.41, 5.74) is 2.32. The maximum absolute atomic E-state index is 12.1. The van der Waals surface area contributed by atoms with Gasteiger partial charge in [0.25, 0.3) is 5.91 Å². The maximum Gasteiger partial charge on any atom is 0.338 e. The minimum absolute atomic E-state index is 0.166. The predicted octanol–water partition coefficient (Wildman–Crippen LogP) is 2.84. The molecular weight excluding hydrogens is 356 g/mol. The highest BCUT2D eigenvalue weighted by Gasteiger charge is 2.20. The summed E-state index contributed by atoms with van der Waals surface area (Å²) in [5, 5.41) is 2.80. The zero-order chi connectivity index (χ0) is 19.9. The van der Waals surface area contributed by atoms with E-state index in [2.05, 4.69) is 5.32 Å². The van der Waals surface area contributed by atoms with Crippen molar-refractivity contribution >= 4 is 17.8 Å². The van der Waals surface area contributed by atoms with Crippen molar-refractivity contribution in [3.63, 3.8) is 0 Å². The Morgan fingerprint density at radius 2 is 1.82 bits per heavy atom. The first-order valence-electron chi connectivity index (χ1n) is 9.41. The highest BCUT2D eigenvalue weighted by Crippen LogP contribution is 2.15. The van der Waals surface area contributed by atoms with Crippen LogP contribution in [0, 0.1) is 0 Å². The third kappa shape index (κ3) is 5.19. The number of likely N-dealkylation sites (tertiary alicyclic amines) is 1. The molecule has 6 nitrogen and oxygen atoms in total. The molecule has 28 heavy (non-hydrogen) atoms. The van der Waals surface area contributed by atoms with Crippen LogP contribution in [-0.2, 0) is 20.9 Å². The largest absolute Gasteiger partial charge is 0.452 e. The number of amides is 2. The van der Waals surface area contributed by atoms with E-state index in [1.807, 2.05) is 42.2 Å². The van der Waals surface area contributed by atoms with E-state index in [1.54, 1.807) is 24.3 Å². The lowest BCUT2D eigenvalue weighted by molar-refractivity contribution is -0.128. The predicted molar refractivity (Wildman–Crippen MR) is 104 cm³/mol. The summed E-state index contributed by atoms with van der Waals surface area (Å²) < 4.78 is 5.10. The number of benzene rings is 2. The number of carbonyl (C=O) groups excluding carboxylic acids is 3. The molecule has 1 aliphatic rings. The lowest BCUT2D eigenvalue weighted by atomic mass is 10.1. The van der Waals surface area contributed by atoms with Crippen LogP contribution in [0.3, 0.4) is 0 Å². The van der Waals surface area contributed by atoms with Gasteiger partial charge in [0, 0.05) is 19.5 Å². The van der Waals surface area contributed by atoms with E-state index in [9.17, 15) is 14.4 Å². The normalized spacial score (nSPS) is 14.6. The Morgan fingerprint density at radius 3 is 2.46 bits per heavy atom. The number of esters is 1. The van der Waals surface area contributed by atoms with E-state index in [-0.39, 0.29) is 24.5 Å². The van der Waals surface area contributed by atoms with E-state index in [4.69, 9.17) is 4.74 Å². The monoisotopic (exact) mass is 380 g/mol. The van der Waals surface area contributed by atoms with E-state index >= 15 is 0 Å². The van der Waals surface area contributed by atoms with Gasteiger partial charge in [0.1, 0.15) is 0 Å². The molecule has 1 aliphatic heterocycles. The minimum Gasteiger partial charge on any atom is -0.452 e. The molecule has 1 unspecified atom stereocenters. The number of hydrogen-bond donors (Lipinski definition) is 1. The molecule has 0 bridgehead atoms. The third-order valence-electron chi connectivity index (χ3n) is 4.75. The lowest BCUT2D eigenvalue weighted by Crippen LogP contribution is -2.31. The first-order valence-corrected chi connectivity index (χ1v) is 9.41. The molecule has 1 N–H and O–H groups in total. The molecule has 2 aromatic carbocycles. The Morgan fingerprint density at radius 1 is 1.11 bits per heavy atom. The van der Waals surface area contributed by atoms with Gasteiger partial charge in [0.2, 0.25) is 5.91 Å². The summed E-state index contributed by atoms with van der Waals surface area (Å²) in [6.07, 6.45) is 1.50. The highest BCUT2D eigenvalue weighted by molar-refractivity contribution is 5.91. The van der Waals surface area contributed by atoms with Crippen LogP contribution < -0.4 is 5.32 Å². The molecule has 1 saturated heterocycles. The smallest absolute Gasteiger partial charge is 0.338 e.